The van der Waals surface area contributed by atoms with E-state index in [0.29, 0.717) is 10.3 Å². The van der Waals surface area contributed by atoms with E-state index < -0.39 is 5.82 Å². The zero-order chi connectivity index (χ0) is 15.5. The lowest BCUT2D eigenvalue weighted by atomic mass is 10.3. The third-order valence-corrected chi connectivity index (χ3v) is 3.72. The highest BCUT2D eigenvalue weighted by Gasteiger charge is 2.12. The topological polar surface area (TPSA) is 55.6 Å². The van der Waals surface area contributed by atoms with Gasteiger partial charge in [-0.05, 0) is 34.7 Å². The minimum atomic E-state index is -0.446. The molecule has 0 aliphatic heterocycles. The summed E-state index contributed by atoms with van der Waals surface area (Å²) in [6.07, 6.45) is 0. The number of tetrazole rings is 1. The third-order valence-electron chi connectivity index (χ3n) is 2.97. The normalized spacial score (nSPS) is 10.7. The average molecular weight is 383 g/mol. The number of halogens is 3. The van der Waals surface area contributed by atoms with Crippen LogP contribution in [-0.4, -0.2) is 20.2 Å². The molecular weight excluding hydrogens is 373 g/mol. The van der Waals surface area contributed by atoms with Crippen LogP contribution in [0.25, 0.3) is 5.69 Å². The number of hydrogen-bond acceptors (Lipinski definition) is 4. The van der Waals surface area contributed by atoms with Crippen LogP contribution in [-0.2, 0) is 6.54 Å². The maximum absolute atomic E-state index is 13.9. The molecule has 0 aliphatic carbocycles. The maximum atomic E-state index is 13.9. The molecule has 0 atom stereocenters. The smallest absolute Gasteiger partial charge is 0.175 e. The number of hydrogen-bond donors (Lipinski definition) is 1. The second-order valence-corrected chi connectivity index (χ2v) is 5.76. The summed E-state index contributed by atoms with van der Waals surface area (Å²) in [4.78, 5) is 0. The lowest BCUT2D eigenvalue weighted by Gasteiger charge is -2.10. The van der Waals surface area contributed by atoms with Crippen LogP contribution in [0, 0.1) is 5.82 Å². The van der Waals surface area contributed by atoms with E-state index in [2.05, 4.69) is 36.8 Å². The van der Waals surface area contributed by atoms with Crippen LogP contribution >= 0.6 is 27.5 Å². The summed E-state index contributed by atoms with van der Waals surface area (Å²) in [6.45, 7) is 0.236. The van der Waals surface area contributed by atoms with Crippen LogP contribution in [0.5, 0.6) is 0 Å². The molecular formula is C14H10BrClFN5. The summed E-state index contributed by atoms with van der Waals surface area (Å²) in [5.41, 5.74) is 1.04. The van der Waals surface area contributed by atoms with Gasteiger partial charge in [-0.25, -0.2) is 4.39 Å². The second-order valence-electron chi connectivity index (χ2n) is 4.44. The molecule has 1 heterocycles. The van der Waals surface area contributed by atoms with Crippen molar-refractivity contribution in [2.24, 2.45) is 0 Å². The molecule has 5 nitrogen and oxygen atoms in total. The second kappa shape index (κ2) is 6.41. The largest absolute Gasteiger partial charge is 0.374 e. The highest BCUT2D eigenvalue weighted by atomic mass is 79.9. The molecule has 3 aromatic rings. The quantitative estimate of drug-likeness (QED) is 0.745. The van der Waals surface area contributed by atoms with Crippen molar-refractivity contribution < 1.29 is 4.39 Å². The summed E-state index contributed by atoms with van der Waals surface area (Å²) in [5.74, 6) is 0.0997. The van der Waals surface area contributed by atoms with Gasteiger partial charge in [0.25, 0.3) is 0 Å². The fourth-order valence-electron chi connectivity index (χ4n) is 1.96. The Morgan fingerprint density at radius 3 is 2.73 bits per heavy atom. The molecule has 1 aromatic heterocycles. The SMILES string of the molecule is Fc1cc(Br)cc(Cl)c1NCc1nnnn1-c1ccccc1. The van der Waals surface area contributed by atoms with Crippen molar-refractivity contribution in [3.63, 3.8) is 0 Å². The fourth-order valence-corrected chi connectivity index (χ4v) is 2.80. The van der Waals surface area contributed by atoms with E-state index in [-0.39, 0.29) is 17.3 Å². The lowest BCUT2D eigenvalue weighted by molar-refractivity contribution is 0.628. The van der Waals surface area contributed by atoms with Crippen molar-refractivity contribution in [2.45, 2.75) is 6.54 Å². The number of para-hydroxylation sites is 1. The van der Waals surface area contributed by atoms with Crippen LogP contribution in [0.15, 0.2) is 46.9 Å². The van der Waals surface area contributed by atoms with Crippen molar-refractivity contribution in [2.75, 3.05) is 5.32 Å². The van der Waals surface area contributed by atoms with Gasteiger partial charge in [0.05, 0.1) is 22.9 Å². The van der Waals surface area contributed by atoms with Gasteiger partial charge in [-0.3, -0.25) is 0 Å². The van der Waals surface area contributed by atoms with E-state index in [0.717, 1.165) is 5.69 Å². The van der Waals surface area contributed by atoms with E-state index in [1.165, 1.54) is 6.07 Å². The third kappa shape index (κ3) is 3.10. The Kier molecular flexibility index (Phi) is 4.35. The molecule has 3 rings (SSSR count). The monoisotopic (exact) mass is 381 g/mol. The van der Waals surface area contributed by atoms with Gasteiger partial charge in [0.1, 0.15) is 5.82 Å². The highest BCUT2D eigenvalue weighted by molar-refractivity contribution is 9.10. The first kappa shape index (κ1) is 14.9. The zero-order valence-corrected chi connectivity index (χ0v) is 13.5. The molecule has 22 heavy (non-hydrogen) atoms. The Labute approximate surface area is 139 Å². The Morgan fingerprint density at radius 1 is 1.23 bits per heavy atom. The van der Waals surface area contributed by atoms with E-state index in [1.54, 1.807) is 10.7 Å². The van der Waals surface area contributed by atoms with Gasteiger partial charge in [0.15, 0.2) is 5.82 Å². The number of aromatic nitrogens is 4. The molecule has 0 aliphatic rings. The van der Waals surface area contributed by atoms with Gasteiger partial charge < -0.3 is 5.32 Å². The van der Waals surface area contributed by atoms with Crippen LogP contribution in [0.2, 0.25) is 5.02 Å². The molecule has 0 bridgehead atoms. The van der Waals surface area contributed by atoms with Crippen LogP contribution < -0.4 is 5.32 Å². The predicted octanol–water partition coefficient (Wildman–Crippen LogP) is 3.83. The number of nitrogens with one attached hydrogen (secondary N) is 1. The molecule has 1 N–H and O–H groups in total. The molecule has 0 fully saturated rings. The molecule has 0 radical (unpaired) electrons. The zero-order valence-electron chi connectivity index (χ0n) is 11.2. The Hall–Kier alpha value is -1.99. The Morgan fingerprint density at radius 2 is 2.00 bits per heavy atom. The highest BCUT2D eigenvalue weighted by Crippen LogP contribution is 2.29. The first-order chi connectivity index (χ1) is 10.6. The minimum Gasteiger partial charge on any atom is -0.374 e. The predicted molar refractivity (Wildman–Crippen MR) is 85.6 cm³/mol. The van der Waals surface area contributed by atoms with Crippen LogP contribution in [0.4, 0.5) is 10.1 Å². The van der Waals surface area contributed by atoms with Gasteiger partial charge in [-0.1, -0.05) is 45.7 Å². The average Bonchev–Trinajstić information content (AvgIpc) is 2.95. The fraction of sp³-hybridized carbons (Fsp3) is 0.0714. The van der Waals surface area contributed by atoms with Crippen molar-refractivity contribution in [1.29, 1.82) is 0 Å². The molecule has 2 aromatic carbocycles. The summed E-state index contributed by atoms with van der Waals surface area (Å²) < 4.78 is 16.1. The summed E-state index contributed by atoms with van der Waals surface area (Å²) in [7, 11) is 0. The van der Waals surface area contributed by atoms with E-state index >= 15 is 0 Å². The van der Waals surface area contributed by atoms with Gasteiger partial charge in [-0.15, -0.1) is 5.10 Å². The summed E-state index contributed by atoms with van der Waals surface area (Å²) in [6, 6.07) is 12.4. The van der Waals surface area contributed by atoms with E-state index in [9.17, 15) is 4.39 Å². The van der Waals surface area contributed by atoms with Gasteiger partial charge in [0, 0.05) is 4.47 Å². The first-order valence-electron chi connectivity index (χ1n) is 6.36. The summed E-state index contributed by atoms with van der Waals surface area (Å²) in [5, 5.41) is 14.8. The van der Waals surface area contributed by atoms with E-state index in [4.69, 9.17) is 11.6 Å². The number of benzene rings is 2. The lowest BCUT2D eigenvalue weighted by Crippen LogP contribution is -2.09. The van der Waals surface area contributed by atoms with Crippen LogP contribution in [0.1, 0.15) is 5.82 Å². The van der Waals surface area contributed by atoms with Gasteiger partial charge in [-0.2, -0.15) is 4.68 Å². The molecule has 0 amide bonds. The van der Waals surface area contributed by atoms with Crippen molar-refractivity contribution in [3.8, 4) is 5.69 Å². The first-order valence-corrected chi connectivity index (χ1v) is 7.53. The molecule has 112 valence electrons. The standard InChI is InChI=1S/C14H10BrClFN5/c15-9-6-11(16)14(12(17)7-9)18-8-13-19-20-21-22(13)10-4-2-1-3-5-10/h1-7,18H,8H2. The maximum Gasteiger partial charge on any atom is 0.175 e. The molecule has 0 unspecified atom stereocenters. The molecule has 0 saturated carbocycles. The molecule has 8 heteroatoms. The van der Waals surface area contributed by atoms with Crippen molar-refractivity contribution in [3.05, 3.63) is 63.6 Å². The van der Waals surface area contributed by atoms with E-state index in [1.807, 2.05) is 30.3 Å². The van der Waals surface area contributed by atoms with Gasteiger partial charge >= 0.3 is 0 Å². The van der Waals surface area contributed by atoms with Gasteiger partial charge in [0.2, 0.25) is 0 Å². The number of anilines is 1. The van der Waals surface area contributed by atoms with Crippen molar-refractivity contribution >= 4 is 33.2 Å². The molecule has 0 saturated heterocycles. The van der Waals surface area contributed by atoms with Crippen LogP contribution in [0.3, 0.4) is 0 Å². The summed E-state index contributed by atoms with van der Waals surface area (Å²) >= 11 is 9.23. The Balaban J connectivity index is 1.83. The minimum absolute atomic E-state index is 0.215. The molecule has 0 spiro atoms. The van der Waals surface area contributed by atoms with Crippen molar-refractivity contribution in [1.82, 2.24) is 20.2 Å². The Bertz CT molecular complexity index is 770. The number of nitrogens with zero attached hydrogens (tertiary/aromatic N) is 4. The number of rotatable bonds is 4.